The Bertz CT molecular complexity index is 535. The smallest absolute Gasteiger partial charge is 0.336 e. The molecule has 3 N–H and O–H groups in total. The number of hydrogen-bond donors (Lipinski definition) is 3. The molecule has 7 heteroatoms. The van der Waals surface area contributed by atoms with Gasteiger partial charge in [0.2, 0.25) is 0 Å². The van der Waals surface area contributed by atoms with Crippen LogP contribution in [0.25, 0.3) is 0 Å². The minimum absolute atomic E-state index is 0.0137. The number of anilines is 1. The van der Waals surface area contributed by atoms with E-state index in [4.69, 9.17) is 9.84 Å². The number of carbonyl (C=O) groups excluding carboxylic acids is 1. The molecule has 0 spiro atoms. The maximum Gasteiger partial charge on any atom is 0.336 e. The molecule has 1 aromatic carbocycles. The highest BCUT2D eigenvalue weighted by atomic mass is 79.9. The zero-order valence-electron chi connectivity index (χ0n) is 10.9. The second-order valence-corrected chi connectivity index (χ2v) is 5.42. The van der Waals surface area contributed by atoms with Crippen molar-refractivity contribution in [3.63, 3.8) is 0 Å². The first-order chi connectivity index (χ1) is 9.47. The SMILES string of the molecule is CC1OCCC1NC(=O)Nc1ccc(Br)c(C(=O)O)c1. The summed E-state index contributed by atoms with van der Waals surface area (Å²) in [5, 5.41) is 14.4. The standard InChI is InChI=1S/C13H15BrN2O4/c1-7-11(4-5-20-7)16-13(19)15-8-2-3-10(14)9(6-8)12(17)18/h2-3,6-7,11H,4-5H2,1H3,(H,17,18)(H2,15,16,19). The third-order valence-corrected chi connectivity index (χ3v) is 3.84. The Labute approximate surface area is 124 Å². The van der Waals surface area contributed by atoms with Gasteiger partial charge in [-0.05, 0) is 47.5 Å². The molecule has 2 amide bonds. The average Bonchev–Trinajstić information content (AvgIpc) is 2.77. The summed E-state index contributed by atoms with van der Waals surface area (Å²) in [4.78, 5) is 22.8. The molecule has 2 rings (SSSR count). The maximum absolute atomic E-state index is 11.8. The molecule has 2 unspecified atom stereocenters. The molecule has 1 aromatic rings. The highest BCUT2D eigenvalue weighted by Gasteiger charge is 2.25. The molecule has 1 saturated heterocycles. The van der Waals surface area contributed by atoms with Gasteiger partial charge in [0, 0.05) is 16.8 Å². The number of benzene rings is 1. The maximum atomic E-state index is 11.8. The van der Waals surface area contributed by atoms with Crippen molar-refractivity contribution in [2.24, 2.45) is 0 Å². The zero-order chi connectivity index (χ0) is 14.7. The molecular weight excluding hydrogens is 328 g/mol. The summed E-state index contributed by atoms with van der Waals surface area (Å²) in [6.07, 6.45) is 0.759. The lowest BCUT2D eigenvalue weighted by molar-refractivity contribution is 0.0696. The molecule has 0 saturated carbocycles. The van der Waals surface area contributed by atoms with E-state index >= 15 is 0 Å². The van der Waals surface area contributed by atoms with Crippen molar-refractivity contribution < 1.29 is 19.4 Å². The number of rotatable bonds is 3. The Morgan fingerprint density at radius 3 is 2.80 bits per heavy atom. The average molecular weight is 343 g/mol. The van der Waals surface area contributed by atoms with Gasteiger partial charge in [0.05, 0.1) is 17.7 Å². The predicted octanol–water partition coefficient (Wildman–Crippen LogP) is 2.45. The van der Waals surface area contributed by atoms with E-state index in [-0.39, 0.29) is 23.7 Å². The molecule has 1 aliphatic rings. The van der Waals surface area contributed by atoms with Crippen LogP contribution in [0, 0.1) is 0 Å². The molecule has 1 fully saturated rings. The van der Waals surface area contributed by atoms with E-state index in [1.165, 1.54) is 6.07 Å². The van der Waals surface area contributed by atoms with Gasteiger partial charge in [-0.3, -0.25) is 0 Å². The van der Waals surface area contributed by atoms with Crippen LogP contribution >= 0.6 is 15.9 Å². The molecule has 108 valence electrons. The Kier molecular flexibility index (Phi) is 4.61. The van der Waals surface area contributed by atoms with Gasteiger partial charge in [-0.2, -0.15) is 0 Å². The van der Waals surface area contributed by atoms with E-state index in [0.717, 1.165) is 6.42 Å². The van der Waals surface area contributed by atoms with Crippen LogP contribution in [0.2, 0.25) is 0 Å². The van der Waals surface area contributed by atoms with Gasteiger partial charge < -0.3 is 20.5 Å². The van der Waals surface area contributed by atoms with Gasteiger partial charge in [-0.25, -0.2) is 9.59 Å². The van der Waals surface area contributed by atoms with E-state index in [0.29, 0.717) is 16.8 Å². The van der Waals surface area contributed by atoms with E-state index < -0.39 is 5.97 Å². The van der Waals surface area contributed by atoms with Gasteiger partial charge in [-0.1, -0.05) is 0 Å². The quantitative estimate of drug-likeness (QED) is 0.787. The Hall–Kier alpha value is -1.60. The van der Waals surface area contributed by atoms with Crippen LogP contribution in [0.4, 0.5) is 10.5 Å². The topological polar surface area (TPSA) is 87.7 Å². The molecule has 20 heavy (non-hydrogen) atoms. The van der Waals surface area contributed by atoms with Gasteiger partial charge >= 0.3 is 12.0 Å². The second-order valence-electron chi connectivity index (χ2n) is 4.57. The molecule has 0 aliphatic carbocycles. The number of halogens is 1. The van der Waals surface area contributed by atoms with E-state index in [9.17, 15) is 9.59 Å². The third-order valence-electron chi connectivity index (χ3n) is 3.15. The minimum Gasteiger partial charge on any atom is -0.478 e. The molecule has 1 heterocycles. The summed E-state index contributed by atoms with van der Waals surface area (Å²) in [6, 6.07) is 4.22. The fraction of sp³-hybridized carbons (Fsp3) is 0.385. The summed E-state index contributed by atoms with van der Waals surface area (Å²) in [6.45, 7) is 2.54. The summed E-state index contributed by atoms with van der Waals surface area (Å²) >= 11 is 3.15. The molecular formula is C13H15BrN2O4. The van der Waals surface area contributed by atoms with Gasteiger partial charge in [-0.15, -0.1) is 0 Å². The zero-order valence-corrected chi connectivity index (χ0v) is 12.4. The van der Waals surface area contributed by atoms with Crippen molar-refractivity contribution in [2.75, 3.05) is 11.9 Å². The first-order valence-electron chi connectivity index (χ1n) is 6.19. The van der Waals surface area contributed by atoms with Crippen molar-refractivity contribution >= 4 is 33.6 Å². The largest absolute Gasteiger partial charge is 0.478 e. The van der Waals surface area contributed by atoms with Crippen LogP contribution in [-0.4, -0.2) is 35.9 Å². The Morgan fingerprint density at radius 1 is 1.45 bits per heavy atom. The number of nitrogens with one attached hydrogen (secondary N) is 2. The lowest BCUT2D eigenvalue weighted by Gasteiger charge is -2.16. The van der Waals surface area contributed by atoms with Gasteiger partial charge in [0.1, 0.15) is 0 Å². The number of carboxylic acid groups (broad SMARTS) is 1. The normalized spacial score (nSPS) is 21.5. The van der Waals surface area contributed by atoms with Crippen LogP contribution in [0.5, 0.6) is 0 Å². The summed E-state index contributed by atoms with van der Waals surface area (Å²) in [5.41, 5.74) is 0.523. The number of urea groups is 1. The van der Waals surface area contributed by atoms with Crippen molar-refractivity contribution in [1.82, 2.24) is 5.32 Å². The molecule has 0 radical (unpaired) electrons. The molecule has 1 aliphatic heterocycles. The first-order valence-corrected chi connectivity index (χ1v) is 6.98. The number of hydrogen-bond acceptors (Lipinski definition) is 3. The van der Waals surface area contributed by atoms with Crippen LogP contribution in [0.3, 0.4) is 0 Å². The number of carbonyl (C=O) groups is 2. The van der Waals surface area contributed by atoms with Gasteiger partial charge in [0.25, 0.3) is 0 Å². The highest BCUT2D eigenvalue weighted by molar-refractivity contribution is 9.10. The van der Waals surface area contributed by atoms with Crippen molar-refractivity contribution in [3.05, 3.63) is 28.2 Å². The summed E-state index contributed by atoms with van der Waals surface area (Å²) in [7, 11) is 0. The van der Waals surface area contributed by atoms with E-state index in [1.54, 1.807) is 12.1 Å². The van der Waals surface area contributed by atoms with E-state index in [2.05, 4.69) is 26.6 Å². The van der Waals surface area contributed by atoms with Crippen LogP contribution in [0.1, 0.15) is 23.7 Å². The third kappa shape index (κ3) is 3.49. The van der Waals surface area contributed by atoms with Crippen molar-refractivity contribution in [2.45, 2.75) is 25.5 Å². The fourth-order valence-corrected chi connectivity index (χ4v) is 2.44. The number of amides is 2. The highest BCUT2D eigenvalue weighted by Crippen LogP contribution is 2.21. The lowest BCUT2D eigenvalue weighted by atomic mass is 10.1. The number of carboxylic acids is 1. The molecule has 0 bridgehead atoms. The van der Waals surface area contributed by atoms with Crippen LogP contribution in [0.15, 0.2) is 22.7 Å². The monoisotopic (exact) mass is 342 g/mol. The molecule has 2 atom stereocenters. The predicted molar refractivity (Wildman–Crippen MR) is 77.1 cm³/mol. The van der Waals surface area contributed by atoms with Crippen LogP contribution < -0.4 is 10.6 Å². The number of ether oxygens (including phenoxy) is 1. The first kappa shape index (κ1) is 14.8. The van der Waals surface area contributed by atoms with Crippen molar-refractivity contribution in [1.29, 1.82) is 0 Å². The summed E-state index contributed by atoms with van der Waals surface area (Å²) in [5.74, 6) is -1.06. The lowest BCUT2D eigenvalue weighted by Crippen LogP contribution is -2.41. The van der Waals surface area contributed by atoms with E-state index in [1.807, 2.05) is 6.92 Å². The molecule has 0 aromatic heterocycles. The Morgan fingerprint density at radius 2 is 2.20 bits per heavy atom. The van der Waals surface area contributed by atoms with Gasteiger partial charge in [0.15, 0.2) is 0 Å². The number of aromatic carboxylic acids is 1. The molecule has 6 nitrogen and oxygen atoms in total. The summed E-state index contributed by atoms with van der Waals surface area (Å²) < 4.78 is 5.82. The Balaban J connectivity index is 2.00. The van der Waals surface area contributed by atoms with Crippen LogP contribution in [-0.2, 0) is 4.74 Å². The van der Waals surface area contributed by atoms with Crippen molar-refractivity contribution in [3.8, 4) is 0 Å². The minimum atomic E-state index is -1.06. The fourth-order valence-electron chi connectivity index (χ4n) is 2.02. The second kappa shape index (κ2) is 6.23.